The summed E-state index contributed by atoms with van der Waals surface area (Å²) in [5.41, 5.74) is 0.958. The smallest absolute Gasteiger partial charge is 0.314 e. The number of halogens is 1. The van der Waals surface area contributed by atoms with Crippen LogP contribution in [-0.2, 0) is 16.6 Å². The molecular weight excluding hydrogens is 348 g/mol. The number of hydrogen-bond acceptors (Lipinski definition) is 3. The Balaban J connectivity index is 2.74. The third kappa shape index (κ3) is 2.71. The number of carboxylic acids is 1. The van der Waals surface area contributed by atoms with Crippen LogP contribution in [0, 0.1) is 0 Å². The molecule has 0 aliphatic heterocycles. The summed E-state index contributed by atoms with van der Waals surface area (Å²) < 4.78 is 11.7. The average molecular weight is 371 g/mol. The summed E-state index contributed by atoms with van der Waals surface area (Å²) in [5.74, 6) is 0.538. The first-order valence-corrected chi connectivity index (χ1v) is 8.48. The predicted octanol–water partition coefficient (Wildman–Crippen LogP) is 4.32. The van der Waals surface area contributed by atoms with Crippen molar-refractivity contribution in [2.45, 2.75) is 50.9 Å². The highest BCUT2D eigenvalue weighted by Gasteiger charge is 2.44. The van der Waals surface area contributed by atoms with Crippen molar-refractivity contribution in [3.63, 3.8) is 0 Å². The SMILES string of the molecule is CCc1c(OC)c(OC)cc(Br)c1C1(C(=O)O)CCCCC1. The Morgan fingerprint density at radius 3 is 2.36 bits per heavy atom. The second-order valence-corrected chi connectivity index (χ2v) is 6.60. The molecule has 0 atom stereocenters. The number of aliphatic carboxylic acids is 1. The van der Waals surface area contributed by atoms with Gasteiger partial charge in [0, 0.05) is 10.0 Å². The van der Waals surface area contributed by atoms with Crippen LogP contribution in [0.1, 0.15) is 50.2 Å². The maximum atomic E-state index is 12.2. The molecule has 1 N–H and O–H groups in total. The first kappa shape index (κ1) is 17.1. The van der Waals surface area contributed by atoms with Crippen LogP contribution < -0.4 is 9.47 Å². The van der Waals surface area contributed by atoms with Crippen molar-refractivity contribution in [2.75, 3.05) is 14.2 Å². The van der Waals surface area contributed by atoms with Crippen LogP contribution in [-0.4, -0.2) is 25.3 Å². The number of benzene rings is 1. The van der Waals surface area contributed by atoms with Crippen LogP contribution in [0.5, 0.6) is 11.5 Å². The molecule has 1 aromatic carbocycles. The quantitative estimate of drug-likeness (QED) is 0.838. The van der Waals surface area contributed by atoms with E-state index in [4.69, 9.17) is 9.47 Å². The summed E-state index contributed by atoms with van der Waals surface area (Å²) in [6.07, 6.45) is 5.02. The van der Waals surface area contributed by atoms with Gasteiger partial charge in [-0.15, -0.1) is 0 Å². The number of carbonyl (C=O) groups is 1. The Hall–Kier alpha value is -1.23. The van der Waals surface area contributed by atoms with Crippen molar-refractivity contribution in [3.05, 3.63) is 21.7 Å². The van der Waals surface area contributed by atoms with Crippen molar-refractivity contribution in [3.8, 4) is 11.5 Å². The Morgan fingerprint density at radius 2 is 1.91 bits per heavy atom. The van der Waals surface area contributed by atoms with Crippen LogP contribution in [0.15, 0.2) is 10.5 Å². The maximum absolute atomic E-state index is 12.2. The van der Waals surface area contributed by atoms with Gasteiger partial charge in [-0.2, -0.15) is 0 Å². The molecule has 0 saturated heterocycles. The van der Waals surface area contributed by atoms with Gasteiger partial charge in [-0.3, -0.25) is 4.79 Å². The first-order valence-electron chi connectivity index (χ1n) is 7.69. The van der Waals surface area contributed by atoms with E-state index in [1.165, 1.54) is 0 Å². The second-order valence-electron chi connectivity index (χ2n) is 5.75. The summed E-state index contributed by atoms with van der Waals surface area (Å²) >= 11 is 3.58. The van der Waals surface area contributed by atoms with Gasteiger partial charge in [0.2, 0.25) is 0 Å². The van der Waals surface area contributed by atoms with Crippen LogP contribution >= 0.6 is 15.9 Å². The molecule has 0 aromatic heterocycles. The number of rotatable bonds is 5. The topological polar surface area (TPSA) is 55.8 Å². The number of hydrogen-bond donors (Lipinski definition) is 1. The number of carboxylic acid groups (broad SMARTS) is 1. The number of ether oxygens (including phenoxy) is 2. The Bertz CT molecular complexity index is 562. The zero-order valence-corrected chi connectivity index (χ0v) is 15.0. The molecule has 0 radical (unpaired) electrons. The van der Waals surface area contributed by atoms with Gasteiger partial charge in [0.05, 0.1) is 19.6 Å². The molecule has 0 amide bonds. The van der Waals surface area contributed by atoms with E-state index in [1.807, 2.05) is 13.0 Å². The minimum atomic E-state index is -0.831. The lowest BCUT2D eigenvalue weighted by molar-refractivity contribution is -0.145. The summed E-state index contributed by atoms with van der Waals surface area (Å²) in [6, 6.07) is 1.83. The van der Waals surface area contributed by atoms with Crippen LogP contribution in [0.3, 0.4) is 0 Å². The molecule has 1 fully saturated rings. The van der Waals surface area contributed by atoms with Gasteiger partial charge in [0.1, 0.15) is 0 Å². The fourth-order valence-electron chi connectivity index (χ4n) is 3.62. The molecule has 0 unspecified atom stereocenters. The zero-order valence-electron chi connectivity index (χ0n) is 13.4. The summed E-state index contributed by atoms with van der Waals surface area (Å²) in [5, 5.41) is 9.98. The third-order valence-electron chi connectivity index (χ3n) is 4.67. The van der Waals surface area contributed by atoms with Gasteiger partial charge < -0.3 is 14.6 Å². The van der Waals surface area contributed by atoms with E-state index >= 15 is 0 Å². The molecule has 0 heterocycles. The molecule has 1 saturated carbocycles. The minimum Gasteiger partial charge on any atom is -0.493 e. The zero-order chi connectivity index (χ0) is 16.3. The van der Waals surface area contributed by atoms with Crippen molar-refractivity contribution in [2.24, 2.45) is 0 Å². The van der Waals surface area contributed by atoms with E-state index < -0.39 is 11.4 Å². The van der Waals surface area contributed by atoms with Crippen LogP contribution in [0.25, 0.3) is 0 Å². The second kappa shape index (κ2) is 6.90. The molecule has 122 valence electrons. The molecular formula is C17H23BrO4. The van der Waals surface area contributed by atoms with E-state index in [-0.39, 0.29) is 0 Å². The standard InChI is InChI=1S/C17H23BrO4/c1-4-11-14(12(18)10-13(21-2)15(11)22-3)17(16(19)20)8-6-5-7-9-17/h10H,4-9H2,1-3H3,(H,19,20). The van der Waals surface area contributed by atoms with E-state index in [9.17, 15) is 9.90 Å². The van der Waals surface area contributed by atoms with Crippen LogP contribution in [0.4, 0.5) is 0 Å². The summed E-state index contributed by atoms with van der Waals surface area (Å²) in [4.78, 5) is 12.2. The van der Waals surface area contributed by atoms with Crippen molar-refractivity contribution >= 4 is 21.9 Å². The van der Waals surface area contributed by atoms with E-state index in [2.05, 4.69) is 15.9 Å². The first-order chi connectivity index (χ1) is 10.5. The van der Waals surface area contributed by atoms with Crippen molar-refractivity contribution in [1.29, 1.82) is 0 Å². The highest BCUT2D eigenvalue weighted by molar-refractivity contribution is 9.10. The highest BCUT2D eigenvalue weighted by atomic mass is 79.9. The molecule has 5 heteroatoms. The van der Waals surface area contributed by atoms with Gasteiger partial charge >= 0.3 is 5.97 Å². The predicted molar refractivity (Wildman–Crippen MR) is 89.0 cm³/mol. The minimum absolute atomic E-state index is 0.631. The van der Waals surface area contributed by atoms with Gasteiger partial charge in [-0.05, 0) is 30.9 Å². The van der Waals surface area contributed by atoms with Gasteiger partial charge in [-0.1, -0.05) is 42.1 Å². The largest absolute Gasteiger partial charge is 0.493 e. The maximum Gasteiger partial charge on any atom is 0.314 e. The monoisotopic (exact) mass is 370 g/mol. The molecule has 1 aliphatic carbocycles. The Morgan fingerprint density at radius 1 is 1.27 bits per heavy atom. The third-order valence-corrected chi connectivity index (χ3v) is 5.29. The summed E-state index contributed by atoms with van der Waals surface area (Å²) in [6.45, 7) is 2.02. The lowest BCUT2D eigenvalue weighted by atomic mass is 9.67. The van der Waals surface area contributed by atoms with E-state index in [0.29, 0.717) is 30.8 Å². The van der Waals surface area contributed by atoms with Crippen LogP contribution in [0.2, 0.25) is 0 Å². The van der Waals surface area contributed by atoms with Crippen molar-refractivity contribution in [1.82, 2.24) is 0 Å². The molecule has 1 aliphatic rings. The molecule has 1 aromatic rings. The summed E-state index contributed by atoms with van der Waals surface area (Å²) in [7, 11) is 3.19. The van der Waals surface area contributed by atoms with E-state index in [1.54, 1.807) is 14.2 Å². The van der Waals surface area contributed by atoms with Crippen molar-refractivity contribution < 1.29 is 19.4 Å². The lowest BCUT2D eigenvalue weighted by Gasteiger charge is -2.36. The fourth-order valence-corrected chi connectivity index (χ4v) is 4.44. The lowest BCUT2D eigenvalue weighted by Crippen LogP contribution is -2.39. The molecule has 4 nitrogen and oxygen atoms in total. The average Bonchev–Trinajstić information content (AvgIpc) is 2.53. The van der Waals surface area contributed by atoms with Gasteiger partial charge in [-0.25, -0.2) is 0 Å². The Kier molecular flexibility index (Phi) is 5.37. The van der Waals surface area contributed by atoms with Gasteiger partial charge in [0.15, 0.2) is 11.5 Å². The number of methoxy groups -OCH3 is 2. The van der Waals surface area contributed by atoms with Gasteiger partial charge in [0.25, 0.3) is 0 Å². The Labute approximate surface area is 139 Å². The molecule has 22 heavy (non-hydrogen) atoms. The van der Waals surface area contributed by atoms with E-state index in [0.717, 1.165) is 34.9 Å². The molecule has 0 spiro atoms. The molecule has 0 bridgehead atoms. The molecule has 2 rings (SSSR count). The highest BCUT2D eigenvalue weighted by Crippen LogP contribution is 2.49. The fraction of sp³-hybridized carbons (Fsp3) is 0.588. The normalized spacial score (nSPS) is 17.1.